The summed E-state index contributed by atoms with van der Waals surface area (Å²) in [4.78, 5) is 28.6. The Morgan fingerprint density at radius 3 is 2.50 bits per heavy atom. The molecule has 30 heavy (non-hydrogen) atoms. The van der Waals surface area contributed by atoms with Crippen molar-refractivity contribution in [2.24, 2.45) is 5.92 Å². The van der Waals surface area contributed by atoms with Gasteiger partial charge in [-0.1, -0.05) is 32.0 Å². The second-order valence-corrected chi connectivity index (χ2v) is 8.51. The number of hydrogen-bond donors (Lipinski definition) is 2. The number of carbonyl (C=O) groups is 2. The van der Waals surface area contributed by atoms with Gasteiger partial charge in [0, 0.05) is 50.2 Å². The molecular formula is C24H32N4O2. The van der Waals surface area contributed by atoms with Gasteiger partial charge in [-0.2, -0.15) is 0 Å². The molecule has 0 spiro atoms. The van der Waals surface area contributed by atoms with Gasteiger partial charge in [0.15, 0.2) is 0 Å². The highest BCUT2D eigenvalue weighted by Gasteiger charge is 2.26. The predicted octanol–water partition coefficient (Wildman–Crippen LogP) is 3.80. The molecule has 6 nitrogen and oxygen atoms in total. The minimum absolute atomic E-state index is 0.0933. The van der Waals surface area contributed by atoms with Crippen molar-refractivity contribution in [2.75, 3.05) is 31.3 Å². The molecule has 2 aromatic carbocycles. The van der Waals surface area contributed by atoms with Crippen molar-refractivity contribution in [3.05, 3.63) is 59.2 Å². The van der Waals surface area contributed by atoms with Crippen LogP contribution in [0.25, 0.3) is 0 Å². The molecular weight excluding hydrogens is 376 g/mol. The van der Waals surface area contributed by atoms with Crippen molar-refractivity contribution >= 4 is 23.2 Å². The van der Waals surface area contributed by atoms with E-state index < -0.39 is 0 Å². The van der Waals surface area contributed by atoms with E-state index in [1.165, 1.54) is 16.0 Å². The van der Waals surface area contributed by atoms with Gasteiger partial charge >= 0.3 is 0 Å². The van der Waals surface area contributed by atoms with Gasteiger partial charge in [-0.05, 0) is 48.2 Å². The Morgan fingerprint density at radius 1 is 1.07 bits per heavy atom. The van der Waals surface area contributed by atoms with Crippen molar-refractivity contribution in [2.45, 2.75) is 39.9 Å². The van der Waals surface area contributed by atoms with E-state index in [1.807, 2.05) is 12.1 Å². The van der Waals surface area contributed by atoms with E-state index in [-0.39, 0.29) is 18.4 Å². The summed E-state index contributed by atoms with van der Waals surface area (Å²) in [7, 11) is 3.41. The average Bonchev–Trinajstić information content (AvgIpc) is 3.15. The standard InChI is InChI=1S/C24H32N4O2/c1-16(2)17(3)28-14-19-9-7-11-22(21(19)15-28)25-13-23(29)26-20-10-6-8-18(12-20)24(30)27(4)5/h6-12,16-17,25H,13-15H2,1-5H3,(H,26,29). The SMILES string of the molecule is CC(C)C(C)N1Cc2cccc(NCC(=O)Nc3cccc(C(=O)N(C)C)c3)c2C1. The van der Waals surface area contributed by atoms with Gasteiger partial charge in [0.2, 0.25) is 5.91 Å². The Morgan fingerprint density at radius 2 is 1.80 bits per heavy atom. The number of benzene rings is 2. The highest BCUT2D eigenvalue weighted by Crippen LogP contribution is 2.31. The maximum atomic E-state index is 12.5. The molecule has 6 heteroatoms. The van der Waals surface area contributed by atoms with Crippen molar-refractivity contribution in [3.8, 4) is 0 Å². The minimum Gasteiger partial charge on any atom is -0.376 e. The molecule has 0 aliphatic carbocycles. The first-order valence-electron chi connectivity index (χ1n) is 10.5. The molecule has 0 aromatic heterocycles. The third-order valence-electron chi connectivity index (χ3n) is 5.79. The molecule has 2 N–H and O–H groups in total. The van der Waals surface area contributed by atoms with E-state index >= 15 is 0 Å². The van der Waals surface area contributed by atoms with E-state index in [0.29, 0.717) is 23.2 Å². The van der Waals surface area contributed by atoms with Gasteiger partial charge in [-0.3, -0.25) is 14.5 Å². The van der Waals surface area contributed by atoms with E-state index in [1.54, 1.807) is 38.4 Å². The first-order valence-corrected chi connectivity index (χ1v) is 10.5. The van der Waals surface area contributed by atoms with Crippen molar-refractivity contribution in [1.29, 1.82) is 0 Å². The molecule has 1 aliphatic rings. The van der Waals surface area contributed by atoms with Crippen LogP contribution in [0.4, 0.5) is 11.4 Å². The first kappa shape index (κ1) is 21.8. The molecule has 160 valence electrons. The van der Waals surface area contributed by atoms with Gasteiger partial charge in [0.05, 0.1) is 6.54 Å². The Kier molecular flexibility index (Phi) is 6.77. The zero-order valence-corrected chi connectivity index (χ0v) is 18.5. The number of rotatable bonds is 7. The molecule has 0 saturated carbocycles. The number of anilines is 2. The van der Waals surface area contributed by atoms with Gasteiger partial charge in [0.25, 0.3) is 5.91 Å². The predicted molar refractivity (Wildman–Crippen MR) is 122 cm³/mol. The summed E-state index contributed by atoms with van der Waals surface area (Å²) in [6, 6.07) is 13.8. The van der Waals surface area contributed by atoms with E-state index in [4.69, 9.17) is 0 Å². The molecule has 2 amide bonds. The maximum absolute atomic E-state index is 12.5. The number of nitrogens with zero attached hydrogens (tertiary/aromatic N) is 2. The van der Waals surface area contributed by atoms with Gasteiger partial charge in [0.1, 0.15) is 0 Å². The highest BCUT2D eigenvalue weighted by molar-refractivity contribution is 5.98. The Balaban J connectivity index is 1.61. The summed E-state index contributed by atoms with van der Waals surface area (Å²) >= 11 is 0. The van der Waals surface area contributed by atoms with Crippen LogP contribution < -0.4 is 10.6 Å². The first-order chi connectivity index (χ1) is 14.3. The number of fused-ring (bicyclic) bond motifs is 1. The third kappa shape index (κ3) is 5.00. The fraction of sp³-hybridized carbons (Fsp3) is 0.417. The summed E-state index contributed by atoms with van der Waals surface area (Å²) < 4.78 is 0. The van der Waals surface area contributed by atoms with Crippen LogP contribution in [0.1, 0.15) is 42.3 Å². The van der Waals surface area contributed by atoms with Crippen molar-refractivity contribution in [1.82, 2.24) is 9.80 Å². The molecule has 1 aliphatic heterocycles. The quantitative estimate of drug-likeness (QED) is 0.731. The number of carbonyl (C=O) groups excluding carboxylic acids is 2. The summed E-state index contributed by atoms with van der Waals surface area (Å²) in [6.07, 6.45) is 0. The molecule has 3 rings (SSSR count). The van der Waals surface area contributed by atoms with Crippen LogP contribution in [-0.2, 0) is 17.9 Å². The van der Waals surface area contributed by atoms with Crippen LogP contribution in [0.15, 0.2) is 42.5 Å². The van der Waals surface area contributed by atoms with Crippen LogP contribution >= 0.6 is 0 Å². The Hall–Kier alpha value is -2.86. The fourth-order valence-electron chi connectivity index (χ4n) is 3.69. The molecule has 0 radical (unpaired) electrons. The second kappa shape index (κ2) is 9.30. The lowest BCUT2D eigenvalue weighted by Gasteiger charge is -2.27. The lowest BCUT2D eigenvalue weighted by Crippen LogP contribution is -2.32. The minimum atomic E-state index is -0.146. The van der Waals surface area contributed by atoms with Crippen LogP contribution in [-0.4, -0.2) is 48.3 Å². The number of hydrogen-bond acceptors (Lipinski definition) is 4. The van der Waals surface area contributed by atoms with Crippen molar-refractivity contribution < 1.29 is 9.59 Å². The zero-order valence-electron chi connectivity index (χ0n) is 18.5. The largest absolute Gasteiger partial charge is 0.376 e. The molecule has 2 aromatic rings. The molecule has 1 heterocycles. The second-order valence-electron chi connectivity index (χ2n) is 8.51. The van der Waals surface area contributed by atoms with Gasteiger partial charge in [-0.15, -0.1) is 0 Å². The summed E-state index contributed by atoms with van der Waals surface area (Å²) in [6.45, 7) is 8.78. The van der Waals surface area contributed by atoms with Crippen molar-refractivity contribution in [3.63, 3.8) is 0 Å². The topological polar surface area (TPSA) is 64.7 Å². The van der Waals surface area contributed by atoms with E-state index in [0.717, 1.165) is 18.8 Å². The number of nitrogens with one attached hydrogen (secondary N) is 2. The Bertz CT molecular complexity index is 923. The third-order valence-corrected chi connectivity index (χ3v) is 5.79. The maximum Gasteiger partial charge on any atom is 0.253 e. The average molecular weight is 409 g/mol. The van der Waals surface area contributed by atoms with Gasteiger partial charge in [-0.25, -0.2) is 0 Å². The fourth-order valence-corrected chi connectivity index (χ4v) is 3.69. The molecule has 1 atom stereocenters. The summed E-state index contributed by atoms with van der Waals surface area (Å²) in [5.41, 5.74) is 4.77. The smallest absolute Gasteiger partial charge is 0.253 e. The van der Waals surface area contributed by atoms with Crippen LogP contribution in [0.5, 0.6) is 0 Å². The molecule has 1 unspecified atom stereocenters. The van der Waals surface area contributed by atoms with Gasteiger partial charge < -0.3 is 15.5 Å². The van der Waals surface area contributed by atoms with E-state index in [9.17, 15) is 9.59 Å². The lowest BCUT2D eigenvalue weighted by molar-refractivity contribution is -0.114. The lowest BCUT2D eigenvalue weighted by atomic mass is 10.1. The number of amides is 2. The van der Waals surface area contributed by atoms with Crippen LogP contribution in [0.2, 0.25) is 0 Å². The highest BCUT2D eigenvalue weighted by atomic mass is 16.2. The van der Waals surface area contributed by atoms with Crippen LogP contribution in [0, 0.1) is 5.92 Å². The summed E-state index contributed by atoms with van der Waals surface area (Å²) in [5.74, 6) is 0.355. The zero-order chi connectivity index (χ0) is 21.8. The molecule has 0 saturated heterocycles. The van der Waals surface area contributed by atoms with Crippen LogP contribution in [0.3, 0.4) is 0 Å². The molecule has 0 bridgehead atoms. The summed E-state index contributed by atoms with van der Waals surface area (Å²) in [5, 5.41) is 6.17. The monoisotopic (exact) mass is 408 g/mol. The van der Waals surface area contributed by atoms with E-state index in [2.05, 4.69) is 42.4 Å². The molecule has 0 fully saturated rings. The Labute approximate surface area is 179 Å². The normalized spacial score (nSPS) is 14.3.